The van der Waals surface area contributed by atoms with Crippen molar-refractivity contribution in [2.24, 2.45) is 0 Å². The van der Waals surface area contributed by atoms with Crippen LogP contribution in [0.5, 0.6) is 0 Å². The van der Waals surface area contributed by atoms with Crippen LogP contribution >= 0.6 is 0 Å². The molecule has 1 amide bonds. The summed E-state index contributed by atoms with van der Waals surface area (Å²) in [5.41, 5.74) is 3.48. The zero-order valence-corrected chi connectivity index (χ0v) is 16.9. The van der Waals surface area contributed by atoms with Gasteiger partial charge < -0.3 is 9.88 Å². The van der Waals surface area contributed by atoms with Gasteiger partial charge in [0.25, 0.3) is 5.56 Å². The first-order chi connectivity index (χ1) is 14.7. The molecule has 6 nitrogen and oxygen atoms in total. The average molecular weight is 400 g/mol. The van der Waals surface area contributed by atoms with Crippen LogP contribution in [0.2, 0.25) is 0 Å². The molecule has 0 aliphatic carbocycles. The lowest BCUT2D eigenvalue weighted by molar-refractivity contribution is -0.116. The van der Waals surface area contributed by atoms with Crippen LogP contribution in [0.15, 0.2) is 78.0 Å². The quantitative estimate of drug-likeness (QED) is 0.503. The van der Waals surface area contributed by atoms with Gasteiger partial charge in [-0.3, -0.25) is 14.2 Å². The van der Waals surface area contributed by atoms with Crippen molar-refractivity contribution >= 4 is 22.6 Å². The number of carbonyl (C=O) groups excluding carboxylic acids is 1. The Hall–Kier alpha value is -3.67. The Morgan fingerprint density at radius 3 is 2.40 bits per heavy atom. The van der Waals surface area contributed by atoms with Gasteiger partial charge in [-0.1, -0.05) is 61.9 Å². The van der Waals surface area contributed by atoms with Gasteiger partial charge in [0.1, 0.15) is 17.6 Å². The van der Waals surface area contributed by atoms with Crippen LogP contribution in [0.25, 0.3) is 22.2 Å². The fourth-order valence-electron chi connectivity index (χ4n) is 3.53. The van der Waals surface area contributed by atoms with Crippen molar-refractivity contribution in [1.29, 1.82) is 0 Å². The second-order valence-corrected chi connectivity index (χ2v) is 7.24. The zero-order valence-electron chi connectivity index (χ0n) is 16.9. The molecule has 4 aromatic rings. The van der Waals surface area contributed by atoms with E-state index in [1.54, 1.807) is 15.5 Å². The smallest absolute Gasteiger partial charge is 0.277 e. The Bertz CT molecular complexity index is 1210. The number of unbranched alkanes of at least 4 members (excludes halogenated alkanes) is 1. The number of rotatable bonds is 7. The van der Waals surface area contributed by atoms with Gasteiger partial charge in [-0.25, -0.2) is 4.98 Å². The standard InChI is InChI=1S/C24H24N4O2/c1-2-3-14-27-17-25-22-20(18-10-6-4-7-11-18)15-28(23(22)24(27)30)16-21(29)26-19-12-8-5-9-13-19/h4-13,15,17H,2-3,14,16H2,1H3,(H,26,29). The van der Waals surface area contributed by atoms with Crippen LogP contribution < -0.4 is 10.9 Å². The summed E-state index contributed by atoms with van der Waals surface area (Å²) in [6.45, 7) is 2.73. The molecular formula is C24H24N4O2. The van der Waals surface area contributed by atoms with E-state index in [1.165, 1.54) is 0 Å². The van der Waals surface area contributed by atoms with E-state index >= 15 is 0 Å². The normalized spacial score (nSPS) is 11.0. The van der Waals surface area contributed by atoms with Crippen LogP contribution in [0.4, 0.5) is 5.69 Å². The van der Waals surface area contributed by atoms with Gasteiger partial charge >= 0.3 is 0 Å². The Morgan fingerprint density at radius 2 is 1.70 bits per heavy atom. The minimum absolute atomic E-state index is 0.0347. The first-order valence-corrected chi connectivity index (χ1v) is 10.2. The van der Waals surface area contributed by atoms with E-state index in [4.69, 9.17) is 0 Å². The molecule has 0 aliphatic rings. The van der Waals surface area contributed by atoms with Crippen molar-refractivity contribution in [3.8, 4) is 11.1 Å². The van der Waals surface area contributed by atoms with E-state index in [1.807, 2.05) is 66.9 Å². The minimum atomic E-state index is -0.193. The largest absolute Gasteiger partial charge is 0.332 e. The maximum absolute atomic E-state index is 13.2. The molecule has 2 heterocycles. The topological polar surface area (TPSA) is 68.9 Å². The van der Waals surface area contributed by atoms with Crippen molar-refractivity contribution in [3.63, 3.8) is 0 Å². The number of carbonyl (C=O) groups is 1. The Labute approximate surface area is 174 Å². The third-order valence-electron chi connectivity index (χ3n) is 5.05. The Balaban J connectivity index is 1.76. The highest BCUT2D eigenvalue weighted by Crippen LogP contribution is 2.27. The van der Waals surface area contributed by atoms with E-state index in [0.29, 0.717) is 17.6 Å². The second kappa shape index (κ2) is 8.78. The number of hydrogen-bond acceptors (Lipinski definition) is 3. The van der Waals surface area contributed by atoms with E-state index in [9.17, 15) is 9.59 Å². The SMILES string of the molecule is CCCCn1cnc2c(-c3ccccc3)cn(CC(=O)Nc3ccccc3)c2c1=O. The highest BCUT2D eigenvalue weighted by molar-refractivity contribution is 5.95. The van der Waals surface area contributed by atoms with Crippen LogP contribution in [-0.2, 0) is 17.9 Å². The fraction of sp³-hybridized carbons (Fsp3) is 0.208. The number of nitrogens with zero attached hydrogens (tertiary/aromatic N) is 3. The number of aryl methyl sites for hydroxylation is 1. The summed E-state index contributed by atoms with van der Waals surface area (Å²) in [6.07, 6.45) is 5.35. The summed E-state index contributed by atoms with van der Waals surface area (Å²) < 4.78 is 3.35. The molecular weight excluding hydrogens is 376 g/mol. The molecule has 0 spiro atoms. The Kier molecular flexibility index (Phi) is 5.75. The van der Waals surface area contributed by atoms with Gasteiger partial charge in [0, 0.05) is 24.0 Å². The molecule has 2 aromatic heterocycles. The number of benzene rings is 2. The van der Waals surface area contributed by atoms with Crippen molar-refractivity contribution < 1.29 is 4.79 Å². The van der Waals surface area contributed by atoms with Crippen LogP contribution in [0.3, 0.4) is 0 Å². The molecule has 30 heavy (non-hydrogen) atoms. The summed E-state index contributed by atoms with van der Waals surface area (Å²) in [5, 5.41) is 2.88. The number of nitrogens with one attached hydrogen (secondary N) is 1. The third kappa shape index (κ3) is 4.03. The maximum atomic E-state index is 13.2. The van der Waals surface area contributed by atoms with Crippen LogP contribution in [0.1, 0.15) is 19.8 Å². The van der Waals surface area contributed by atoms with Gasteiger partial charge in [0.2, 0.25) is 5.91 Å². The van der Waals surface area contributed by atoms with Crippen LogP contribution in [0, 0.1) is 0 Å². The minimum Gasteiger partial charge on any atom is -0.332 e. The number of anilines is 1. The van der Waals surface area contributed by atoms with Crippen molar-refractivity contribution in [3.05, 3.63) is 83.5 Å². The second-order valence-electron chi connectivity index (χ2n) is 7.24. The van der Waals surface area contributed by atoms with E-state index < -0.39 is 0 Å². The van der Waals surface area contributed by atoms with E-state index in [2.05, 4.69) is 17.2 Å². The van der Waals surface area contributed by atoms with Gasteiger partial charge in [0.05, 0.1) is 6.33 Å². The van der Waals surface area contributed by atoms with Crippen molar-refractivity contribution in [2.45, 2.75) is 32.9 Å². The molecule has 0 fully saturated rings. The molecule has 0 unspecified atom stereocenters. The van der Waals surface area contributed by atoms with Crippen LogP contribution in [-0.4, -0.2) is 20.0 Å². The fourth-order valence-corrected chi connectivity index (χ4v) is 3.53. The summed E-state index contributed by atoms with van der Waals surface area (Å²) in [7, 11) is 0. The lowest BCUT2D eigenvalue weighted by Gasteiger charge is -2.08. The monoisotopic (exact) mass is 400 g/mol. The van der Waals surface area contributed by atoms with Gasteiger partial charge in [-0.05, 0) is 24.1 Å². The number of aromatic nitrogens is 3. The molecule has 0 saturated carbocycles. The van der Waals surface area contributed by atoms with Gasteiger partial charge in [0.15, 0.2) is 0 Å². The Morgan fingerprint density at radius 1 is 1.00 bits per heavy atom. The predicted molar refractivity (Wildman–Crippen MR) is 119 cm³/mol. The first-order valence-electron chi connectivity index (χ1n) is 10.2. The lowest BCUT2D eigenvalue weighted by atomic mass is 10.1. The summed E-state index contributed by atoms with van der Waals surface area (Å²) >= 11 is 0. The highest BCUT2D eigenvalue weighted by atomic mass is 16.2. The summed E-state index contributed by atoms with van der Waals surface area (Å²) in [5.74, 6) is -0.193. The zero-order chi connectivity index (χ0) is 20.9. The molecule has 0 atom stereocenters. The number of hydrogen-bond donors (Lipinski definition) is 1. The molecule has 2 aromatic carbocycles. The summed E-state index contributed by atoms with van der Waals surface area (Å²) in [6, 6.07) is 19.1. The summed E-state index contributed by atoms with van der Waals surface area (Å²) in [4.78, 5) is 30.5. The predicted octanol–water partition coefficient (Wildman–Crippen LogP) is 4.30. The van der Waals surface area contributed by atoms with E-state index in [0.717, 1.165) is 29.7 Å². The average Bonchev–Trinajstić information content (AvgIpc) is 3.13. The molecule has 0 aliphatic heterocycles. The molecule has 0 bridgehead atoms. The molecule has 1 N–H and O–H groups in total. The highest BCUT2D eigenvalue weighted by Gasteiger charge is 2.18. The molecule has 6 heteroatoms. The number of para-hydroxylation sites is 1. The van der Waals surface area contributed by atoms with E-state index in [-0.39, 0.29) is 18.0 Å². The molecule has 152 valence electrons. The third-order valence-corrected chi connectivity index (χ3v) is 5.05. The van der Waals surface area contributed by atoms with Crippen molar-refractivity contribution in [2.75, 3.05) is 5.32 Å². The first kappa shape index (κ1) is 19.6. The molecule has 0 saturated heterocycles. The van der Waals surface area contributed by atoms with Gasteiger partial charge in [-0.2, -0.15) is 0 Å². The number of amides is 1. The van der Waals surface area contributed by atoms with Gasteiger partial charge in [-0.15, -0.1) is 0 Å². The van der Waals surface area contributed by atoms with Crippen molar-refractivity contribution in [1.82, 2.24) is 14.1 Å². The molecule has 4 rings (SSSR count). The number of fused-ring (bicyclic) bond motifs is 1. The lowest BCUT2D eigenvalue weighted by Crippen LogP contribution is -2.25. The maximum Gasteiger partial charge on any atom is 0.277 e. The molecule has 0 radical (unpaired) electrons.